The van der Waals surface area contributed by atoms with E-state index in [1.54, 1.807) is 24.3 Å². The highest BCUT2D eigenvalue weighted by atomic mass is 16.6. The van der Waals surface area contributed by atoms with Gasteiger partial charge in [-0.25, -0.2) is 9.59 Å². The number of fused-ring (bicyclic) bond motifs is 2. The van der Waals surface area contributed by atoms with Gasteiger partial charge in [0.05, 0.1) is 19.8 Å². The monoisotopic (exact) mass is 398 g/mol. The van der Waals surface area contributed by atoms with Gasteiger partial charge in [0.1, 0.15) is 31.2 Å². The van der Waals surface area contributed by atoms with E-state index < -0.39 is 11.6 Å². The zero-order chi connectivity index (χ0) is 20.4. The first-order valence-corrected chi connectivity index (χ1v) is 8.84. The average Bonchev–Trinajstić information content (AvgIpc) is 2.75. The van der Waals surface area contributed by atoms with Gasteiger partial charge in [0.15, 0.2) is 11.5 Å². The van der Waals surface area contributed by atoms with E-state index in [2.05, 4.69) is 0 Å². The zero-order valence-electron chi connectivity index (χ0n) is 15.9. The molecule has 2 heterocycles. The van der Waals surface area contributed by atoms with Crippen LogP contribution in [0.2, 0.25) is 0 Å². The summed E-state index contributed by atoms with van der Waals surface area (Å²) in [6.45, 7) is 0.676. The van der Waals surface area contributed by atoms with E-state index in [1.165, 1.54) is 26.4 Å². The van der Waals surface area contributed by atoms with Crippen molar-refractivity contribution in [1.82, 2.24) is 0 Å². The van der Waals surface area contributed by atoms with Gasteiger partial charge in [0.2, 0.25) is 5.75 Å². The van der Waals surface area contributed by atoms with Crippen molar-refractivity contribution < 1.29 is 32.9 Å². The molecule has 1 aromatic heterocycles. The predicted molar refractivity (Wildman–Crippen MR) is 102 cm³/mol. The zero-order valence-corrected chi connectivity index (χ0v) is 15.9. The van der Waals surface area contributed by atoms with E-state index in [4.69, 9.17) is 28.1 Å². The number of carbonyl (C=O) groups is 1. The van der Waals surface area contributed by atoms with Crippen molar-refractivity contribution in [2.75, 3.05) is 27.4 Å². The lowest BCUT2D eigenvalue weighted by Crippen LogP contribution is -2.17. The molecular weight excluding hydrogens is 380 g/mol. The topological polar surface area (TPSA) is 93.4 Å². The van der Waals surface area contributed by atoms with Crippen LogP contribution >= 0.6 is 0 Å². The fraction of sp³-hybridized carbons (Fsp3) is 0.238. The molecule has 0 amide bonds. The molecule has 3 aromatic rings. The van der Waals surface area contributed by atoms with E-state index in [-0.39, 0.29) is 12.2 Å². The highest BCUT2D eigenvalue weighted by Crippen LogP contribution is 2.40. The Kier molecular flexibility index (Phi) is 4.99. The SMILES string of the molecule is COc1ccc2c(COC(=O)c3cc(OC)c4c(c3)OCCO4)cc(=O)oc2c1. The smallest absolute Gasteiger partial charge is 0.338 e. The van der Waals surface area contributed by atoms with Gasteiger partial charge < -0.3 is 28.1 Å². The first kappa shape index (κ1) is 18.7. The van der Waals surface area contributed by atoms with Gasteiger partial charge >= 0.3 is 11.6 Å². The molecule has 1 aliphatic heterocycles. The average molecular weight is 398 g/mol. The second kappa shape index (κ2) is 7.75. The minimum Gasteiger partial charge on any atom is -0.497 e. The number of hydrogen-bond donors (Lipinski definition) is 0. The van der Waals surface area contributed by atoms with Crippen LogP contribution in [-0.4, -0.2) is 33.4 Å². The molecule has 8 nitrogen and oxygen atoms in total. The number of esters is 1. The molecule has 0 unspecified atom stereocenters. The summed E-state index contributed by atoms with van der Waals surface area (Å²) < 4.78 is 32.1. The van der Waals surface area contributed by atoms with E-state index in [1.807, 2.05) is 0 Å². The van der Waals surface area contributed by atoms with E-state index in [9.17, 15) is 9.59 Å². The molecule has 2 aromatic carbocycles. The molecule has 1 aliphatic rings. The van der Waals surface area contributed by atoms with Crippen LogP contribution < -0.4 is 24.6 Å². The molecule has 0 radical (unpaired) electrons. The maximum atomic E-state index is 12.6. The van der Waals surface area contributed by atoms with Gasteiger partial charge in [-0.3, -0.25) is 0 Å². The Bertz CT molecular complexity index is 1110. The minimum absolute atomic E-state index is 0.107. The first-order valence-electron chi connectivity index (χ1n) is 8.84. The minimum atomic E-state index is -0.588. The number of carbonyl (C=O) groups excluding carboxylic acids is 1. The number of methoxy groups -OCH3 is 2. The summed E-state index contributed by atoms with van der Waals surface area (Å²) in [5.41, 5.74) is 0.582. The van der Waals surface area contributed by atoms with Crippen LogP contribution in [0.15, 0.2) is 45.6 Å². The van der Waals surface area contributed by atoms with Gasteiger partial charge in [-0.05, 0) is 24.3 Å². The third-order valence-corrected chi connectivity index (χ3v) is 4.46. The highest BCUT2D eigenvalue weighted by molar-refractivity contribution is 5.91. The Labute approximate surface area is 165 Å². The molecule has 0 saturated carbocycles. The van der Waals surface area contributed by atoms with Crippen molar-refractivity contribution >= 4 is 16.9 Å². The quantitative estimate of drug-likeness (QED) is 0.478. The normalized spacial score (nSPS) is 12.5. The van der Waals surface area contributed by atoms with Crippen LogP contribution in [0.25, 0.3) is 11.0 Å². The number of hydrogen-bond acceptors (Lipinski definition) is 8. The summed E-state index contributed by atoms with van der Waals surface area (Å²) in [5.74, 6) is 1.22. The van der Waals surface area contributed by atoms with Crippen molar-refractivity contribution in [3.8, 4) is 23.0 Å². The van der Waals surface area contributed by atoms with Crippen molar-refractivity contribution in [3.05, 3.63) is 57.9 Å². The van der Waals surface area contributed by atoms with Gasteiger partial charge in [0, 0.05) is 23.1 Å². The van der Waals surface area contributed by atoms with Crippen molar-refractivity contribution in [2.45, 2.75) is 6.61 Å². The fourth-order valence-electron chi connectivity index (χ4n) is 3.07. The maximum absolute atomic E-state index is 12.6. The Morgan fingerprint density at radius 1 is 1.03 bits per heavy atom. The highest BCUT2D eigenvalue weighted by Gasteiger charge is 2.22. The summed E-state index contributed by atoms with van der Waals surface area (Å²) in [4.78, 5) is 24.5. The molecule has 0 spiro atoms. The molecule has 8 heteroatoms. The van der Waals surface area contributed by atoms with Gasteiger partial charge in [0.25, 0.3) is 0 Å². The molecule has 29 heavy (non-hydrogen) atoms. The predicted octanol–water partition coefficient (Wildman–Crippen LogP) is 2.94. The Hall–Kier alpha value is -3.68. The van der Waals surface area contributed by atoms with Gasteiger partial charge in [-0.15, -0.1) is 0 Å². The second-order valence-electron chi connectivity index (χ2n) is 6.23. The van der Waals surface area contributed by atoms with Crippen molar-refractivity contribution in [1.29, 1.82) is 0 Å². The summed E-state index contributed by atoms with van der Waals surface area (Å²) in [6, 6.07) is 9.45. The molecular formula is C21H18O8. The number of benzene rings is 2. The standard InChI is InChI=1S/C21H18O8/c1-24-14-3-4-15-13(9-19(22)29-16(15)10-14)11-28-21(23)12-7-17(25-2)20-18(8-12)26-5-6-27-20/h3-4,7-10H,5-6,11H2,1-2H3. The Balaban J connectivity index is 1.60. The number of rotatable bonds is 5. The number of ether oxygens (including phenoxy) is 5. The molecule has 0 saturated heterocycles. The van der Waals surface area contributed by atoms with Crippen LogP contribution in [0.5, 0.6) is 23.0 Å². The summed E-state index contributed by atoms with van der Waals surface area (Å²) >= 11 is 0. The maximum Gasteiger partial charge on any atom is 0.338 e. The lowest BCUT2D eigenvalue weighted by Gasteiger charge is -2.21. The summed E-state index contributed by atoms with van der Waals surface area (Å²) in [6.07, 6.45) is 0. The fourth-order valence-corrected chi connectivity index (χ4v) is 3.07. The lowest BCUT2D eigenvalue weighted by molar-refractivity contribution is 0.0472. The van der Waals surface area contributed by atoms with E-state index in [0.29, 0.717) is 52.7 Å². The van der Waals surface area contributed by atoms with Crippen LogP contribution in [0.4, 0.5) is 0 Å². The largest absolute Gasteiger partial charge is 0.497 e. The van der Waals surface area contributed by atoms with E-state index >= 15 is 0 Å². The molecule has 0 fully saturated rings. The van der Waals surface area contributed by atoms with E-state index in [0.717, 1.165) is 0 Å². The molecule has 4 rings (SSSR count). The molecule has 0 atom stereocenters. The Morgan fingerprint density at radius 2 is 1.86 bits per heavy atom. The first-order chi connectivity index (χ1) is 14.1. The van der Waals surface area contributed by atoms with Crippen molar-refractivity contribution in [3.63, 3.8) is 0 Å². The van der Waals surface area contributed by atoms with Crippen LogP contribution in [0, 0.1) is 0 Å². The molecule has 150 valence electrons. The summed E-state index contributed by atoms with van der Waals surface area (Å²) in [7, 11) is 3.00. The summed E-state index contributed by atoms with van der Waals surface area (Å²) in [5, 5.41) is 0.651. The molecule has 0 aliphatic carbocycles. The van der Waals surface area contributed by atoms with Crippen LogP contribution in [0.3, 0.4) is 0 Å². The Morgan fingerprint density at radius 3 is 2.66 bits per heavy atom. The third kappa shape index (κ3) is 3.69. The molecule has 0 N–H and O–H groups in total. The van der Waals surface area contributed by atoms with Gasteiger partial charge in [-0.1, -0.05) is 0 Å². The van der Waals surface area contributed by atoms with Crippen LogP contribution in [-0.2, 0) is 11.3 Å². The third-order valence-electron chi connectivity index (χ3n) is 4.46. The van der Waals surface area contributed by atoms with Crippen LogP contribution in [0.1, 0.15) is 15.9 Å². The van der Waals surface area contributed by atoms with Gasteiger partial charge in [-0.2, -0.15) is 0 Å². The second-order valence-corrected chi connectivity index (χ2v) is 6.23. The molecule has 0 bridgehead atoms. The van der Waals surface area contributed by atoms with Crippen molar-refractivity contribution in [2.24, 2.45) is 0 Å². The lowest BCUT2D eigenvalue weighted by atomic mass is 10.1.